The van der Waals surface area contributed by atoms with E-state index in [2.05, 4.69) is 88.8 Å². The van der Waals surface area contributed by atoms with Crippen molar-refractivity contribution in [3.63, 3.8) is 0 Å². The van der Waals surface area contributed by atoms with Crippen LogP contribution < -0.4 is 20.3 Å². The van der Waals surface area contributed by atoms with E-state index in [0.717, 1.165) is 74.0 Å². The van der Waals surface area contributed by atoms with Gasteiger partial charge in [0.05, 0.1) is 12.6 Å². The SMILES string of the molecule is COc1cccc(N(C)C)c1CN1CCC(Nc2nc(NCCN3CCC(C)CC3)nc3ccccc23)CC1. The van der Waals surface area contributed by atoms with E-state index in [4.69, 9.17) is 14.7 Å². The molecule has 2 fully saturated rings. The predicted molar refractivity (Wildman–Crippen MR) is 162 cm³/mol. The van der Waals surface area contributed by atoms with Gasteiger partial charge in [0.2, 0.25) is 5.95 Å². The van der Waals surface area contributed by atoms with Gasteiger partial charge in [-0.3, -0.25) is 4.90 Å². The van der Waals surface area contributed by atoms with E-state index in [-0.39, 0.29) is 0 Å². The number of benzene rings is 2. The number of piperidine rings is 2. The molecule has 3 heterocycles. The summed E-state index contributed by atoms with van der Waals surface area (Å²) in [6.07, 6.45) is 4.74. The molecule has 0 bridgehead atoms. The Bertz CT molecular complexity index is 1220. The van der Waals surface area contributed by atoms with Gasteiger partial charge >= 0.3 is 0 Å². The molecule has 0 atom stereocenters. The second kappa shape index (κ2) is 12.8. The maximum atomic E-state index is 5.71. The molecule has 0 aliphatic carbocycles. The van der Waals surface area contributed by atoms with Gasteiger partial charge in [0.15, 0.2) is 0 Å². The van der Waals surface area contributed by atoms with E-state index >= 15 is 0 Å². The van der Waals surface area contributed by atoms with E-state index in [1.165, 1.54) is 37.2 Å². The standard InChI is InChI=1S/C31H45N7O/c1-23-12-17-37(18-13-23)21-16-32-31-34-27-9-6-5-8-25(27)30(35-31)33-24-14-19-38(20-15-24)22-26-28(36(2)3)10-7-11-29(26)39-4/h5-11,23-24H,12-22H2,1-4H3,(H2,32,33,34,35). The molecule has 0 spiro atoms. The Morgan fingerprint density at radius 2 is 1.67 bits per heavy atom. The largest absolute Gasteiger partial charge is 0.496 e. The number of hydrogen-bond acceptors (Lipinski definition) is 8. The first-order chi connectivity index (χ1) is 19.0. The highest BCUT2D eigenvalue weighted by Crippen LogP contribution is 2.31. The molecule has 0 unspecified atom stereocenters. The average Bonchev–Trinajstić information content (AvgIpc) is 2.95. The number of rotatable bonds is 10. The van der Waals surface area contributed by atoms with Crippen molar-refractivity contribution in [1.82, 2.24) is 19.8 Å². The van der Waals surface area contributed by atoms with E-state index < -0.39 is 0 Å². The summed E-state index contributed by atoms with van der Waals surface area (Å²) >= 11 is 0. The van der Waals surface area contributed by atoms with Crippen molar-refractivity contribution in [2.24, 2.45) is 5.92 Å². The minimum absolute atomic E-state index is 0.383. The van der Waals surface area contributed by atoms with E-state index in [0.29, 0.717) is 12.0 Å². The monoisotopic (exact) mass is 531 g/mol. The molecule has 8 nitrogen and oxygen atoms in total. The summed E-state index contributed by atoms with van der Waals surface area (Å²) in [5, 5.41) is 8.37. The van der Waals surface area contributed by atoms with Crippen LogP contribution in [0.15, 0.2) is 42.5 Å². The zero-order chi connectivity index (χ0) is 27.2. The van der Waals surface area contributed by atoms with Crippen molar-refractivity contribution in [2.45, 2.75) is 45.2 Å². The molecule has 8 heteroatoms. The third-order valence-corrected chi connectivity index (χ3v) is 8.31. The lowest BCUT2D eigenvalue weighted by atomic mass is 9.99. The van der Waals surface area contributed by atoms with Gasteiger partial charge in [-0.15, -0.1) is 0 Å². The topological polar surface area (TPSA) is 68.8 Å². The summed E-state index contributed by atoms with van der Waals surface area (Å²) in [5.41, 5.74) is 3.46. The van der Waals surface area contributed by atoms with Gasteiger partial charge in [-0.25, -0.2) is 4.98 Å². The van der Waals surface area contributed by atoms with Crippen molar-refractivity contribution in [3.05, 3.63) is 48.0 Å². The molecule has 1 aromatic heterocycles. The van der Waals surface area contributed by atoms with E-state index in [1.807, 2.05) is 0 Å². The smallest absolute Gasteiger partial charge is 0.225 e. The fourth-order valence-electron chi connectivity index (χ4n) is 5.85. The fourth-order valence-corrected chi connectivity index (χ4v) is 5.85. The summed E-state index contributed by atoms with van der Waals surface area (Å²) < 4.78 is 5.71. The third kappa shape index (κ3) is 6.92. The molecule has 0 saturated carbocycles. The van der Waals surface area contributed by atoms with E-state index in [9.17, 15) is 0 Å². The number of para-hydroxylation sites is 1. The molecule has 5 rings (SSSR count). The zero-order valence-electron chi connectivity index (χ0n) is 24.1. The lowest BCUT2D eigenvalue weighted by Gasteiger charge is -2.34. The number of nitrogens with one attached hydrogen (secondary N) is 2. The van der Waals surface area contributed by atoms with Crippen LogP contribution in [0.4, 0.5) is 17.5 Å². The van der Waals surface area contributed by atoms with Crippen LogP contribution in [0.5, 0.6) is 5.75 Å². The zero-order valence-corrected chi connectivity index (χ0v) is 24.1. The molecule has 2 aliphatic rings. The first kappa shape index (κ1) is 27.5. The molecule has 2 N–H and O–H groups in total. The van der Waals surface area contributed by atoms with Crippen LogP contribution in [-0.4, -0.2) is 86.3 Å². The molecule has 3 aromatic rings. The molecule has 2 aliphatic heterocycles. The van der Waals surface area contributed by atoms with Crippen LogP contribution in [-0.2, 0) is 6.54 Å². The number of nitrogens with zero attached hydrogens (tertiary/aromatic N) is 5. The van der Waals surface area contributed by atoms with Gasteiger partial charge in [0.1, 0.15) is 11.6 Å². The molecular formula is C31H45N7O. The fraction of sp³-hybridized carbons (Fsp3) is 0.548. The predicted octanol–water partition coefficient (Wildman–Crippen LogP) is 4.92. The first-order valence-corrected chi connectivity index (χ1v) is 14.5. The number of fused-ring (bicyclic) bond motifs is 1. The second-order valence-electron chi connectivity index (χ2n) is 11.4. The molecule has 2 saturated heterocycles. The van der Waals surface area contributed by atoms with Crippen LogP contribution in [0.2, 0.25) is 0 Å². The quantitative estimate of drug-likeness (QED) is 0.382. The average molecular weight is 532 g/mol. The minimum Gasteiger partial charge on any atom is -0.496 e. The Morgan fingerprint density at radius 1 is 0.923 bits per heavy atom. The number of hydrogen-bond donors (Lipinski definition) is 2. The Morgan fingerprint density at radius 3 is 2.41 bits per heavy atom. The number of ether oxygens (including phenoxy) is 1. The summed E-state index contributed by atoms with van der Waals surface area (Å²) in [4.78, 5) is 17.0. The van der Waals surface area contributed by atoms with Crippen molar-refractivity contribution >= 4 is 28.4 Å². The molecule has 2 aromatic carbocycles. The third-order valence-electron chi connectivity index (χ3n) is 8.31. The highest BCUT2D eigenvalue weighted by molar-refractivity contribution is 5.90. The highest BCUT2D eigenvalue weighted by atomic mass is 16.5. The van der Waals surface area contributed by atoms with Crippen LogP contribution in [0.1, 0.15) is 38.2 Å². The van der Waals surface area contributed by atoms with Gasteiger partial charge in [-0.2, -0.15) is 4.98 Å². The maximum absolute atomic E-state index is 5.71. The number of aromatic nitrogens is 2. The van der Waals surface area contributed by atoms with Gasteiger partial charge in [0, 0.05) is 69.5 Å². The molecule has 0 amide bonds. The van der Waals surface area contributed by atoms with Crippen LogP contribution in [0.3, 0.4) is 0 Å². The number of methoxy groups -OCH3 is 1. The summed E-state index contributed by atoms with van der Waals surface area (Å²) in [6, 6.07) is 15.0. The Balaban J connectivity index is 1.20. The molecule has 210 valence electrons. The summed E-state index contributed by atoms with van der Waals surface area (Å²) in [7, 11) is 5.95. The summed E-state index contributed by atoms with van der Waals surface area (Å²) in [5.74, 6) is 3.47. The maximum Gasteiger partial charge on any atom is 0.225 e. The van der Waals surface area contributed by atoms with Crippen molar-refractivity contribution in [3.8, 4) is 5.75 Å². The van der Waals surface area contributed by atoms with Crippen molar-refractivity contribution in [1.29, 1.82) is 0 Å². The first-order valence-electron chi connectivity index (χ1n) is 14.5. The normalized spacial score (nSPS) is 17.8. The lowest BCUT2D eigenvalue weighted by molar-refractivity contribution is 0.199. The summed E-state index contributed by atoms with van der Waals surface area (Å²) in [6.45, 7) is 9.61. The Labute approximate surface area is 233 Å². The van der Waals surface area contributed by atoms with Crippen molar-refractivity contribution in [2.75, 3.05) is 76.0 Å². The lowest BCUT2D eigenvalue weighted by Crippen LogP contribution is -2.39. The van der Waals surface area contributed by atoms with Gasteiger partial charge in [0.25, 0.3) is 0 Å². The second-order valence-corrected chi connectivity index (χ2v) is 11.4. The van der Waals surface area contributed by atoms with Crippen LogP contribution >= 0.6 is 0 Å². The number of anilines is 3. The van der Waals surface area contributed by atoms with Crippen molar-refractivity contribution < 1.29 is 4.74 Å². The highest BCUT2D eigenvalue weighted by Gasteiger charge is 2.23. The Kier molecular flexibility index (Phi) is 9.04. The number of likely N-dealkylation sites (tertiary alicyclic amines) is 2. The molecule has 39 heavy (non-hydrogen) atoms. The van der Waals surface area contributed by atoms with Gasteiger partial charge < -0.3 is 25.2 Å². The van der Waals surface area contributed by atoms with Crippen LogP contribution in [0.25, 0.3) is 10.9 Å². The minimum atomic E-state index is 0.383. The van der Waals surface area contributed by atoms with Crippen LogP contribution in [0, 0.1) is 5.92 Å². The Hall–Kier alpha value is -3.10. The van der Waals surface area contributed by atoms with E-state index in [1.54, 1.807) is 7.11 Å². The van der Waals surface area contributed by atoms with Gasteiger partial charge in [-0.1, -0.05) is 25.1 Å². The van der Waals surface area contributed by atoms with Gasteiger partial charge in [-0.05, 0) is 69.0 Å². The molecular weight excluding hydrogens is 486 g/mol. The molecule has 0 radical (unpaired) electrons.